The van der Waals surface area contributed by atoms with Gasteiger partial charge in [-0.25, -0.2) is 8.78 Å². The van der Waals surface area contributed by atoms with Crippen molar-refractivity contribution in [2.45, 2.75) is 26.3 Å². The van der Waals surface area contributed by atoms with Crippen LogP contribution in [0, 0.1) is 17.0 Å². The predicted molar refractivity (Wildman–Crippen MR) is 68.1 cm³/mol. The average molecular weight is 254 g/mol. The summed E-state index contributed by atoms with van der Waals surface area (Å²) in [6.07, 6.45) is 1.08. The number of halogens is 2. The summed E-state index contributed by atoms with van der Waals surface area (Å²) < 4.78 is 26.7. The van der Waals surface area contributed by atoms with Gasteiger partial charge in [0.15, 0.2) is 0 Å². The fourth-order valence-corrected chi connectivity index (χ4v) is 2.66. The van der Waals surface area contributed by atoms with E-state index in [1.54, 1.807) is 0 Å². The Bertz CT molecular complexity index is 432. The summed E-state index contributed by atoms with van der Waals surface area (Å²) in [6.45, 7) is 6.54. The van der Waals surface area contributed by atoms with Gasteiger partial charge >= 0.3 is 0 Å². The molecule has 18 heavy (non-hydrogen) atoms. The molecule has 1 aliphatic heterocycles. The molecular formula is C14H20F2N2. The van der Waals surface area contributed by atoms with Gasteiger partial charge in [-0.3, -0.25) is 4.90 Å². The Morgan fingerprint density at radius 1 is 1.39 bits per heavy atom. The van der Waals surface area contributed by atoms with Gasteiger partial charge in [-0.05, 0) is 24.4 Å². The number of benzene rings is 1. The highest BCUT2D eigenvalue weighted by Gasteiger charge is 2.34. The molecular weight excluding hydrogens is 234 g/mol. The smallest absolute Gasteiger partial charge is 0.130 e. The van der Waals surface area contributed by atoms with Gasteiger partial charge in [0, 0.05) is 30.8 Å². The second kappa shape index (κ2) is 4.94. The molecule has 1 heterocycles. The minimum atomic E-state index is -0.547. The second-order valence-electron chi connectivity index (χ2n) is 5.80. The lowest BCUT2D eigenvalue weighted by Crippen LogP contribution is -2.33. The first-order chi connectivity index (χ1) is 8.43. The Labute approximate surface area is 107 Å². The van der Waals surface area contributed by atoms with Crippen molar-refractivity contribution in [2.75, 3.05) is 19.6 Å². The molecule has 1 saturated heterocycles. The number of rotatable bonds is 3. The Morgan fingerprint density at radius 3 is 2.61 bits per heavy atom. The number of hydrogen-bond acceptors (Lipinski definition) is 2. The lowest BCUT2D eigenvalue weighted by Gasteiger charge is -2.28. The van der Waals surface area contributed by atoms with Crippen molar-refractivity contribution in [1.29, 1.82) is 0 Å². The number of likely N-dealkylation sites (tertiary alicyclic amines) is 1. The maximum atomic E-state index is 13.8. The quantitative estimate of drug-likeness (QED) is 0.898. The number of nitrogens with zero attached hydrogens (tertiary/aromatic N) is 1. The van der Waals surface area contributed by atoms with E-state index in [1.807, 2.05) is 0 Å². The molecule has 0 spiro atoms. The van der Waals surface area contributed by atoms with Crippen LogP contribution in [0.15, 0.2) is 18.2 Å². The van der Waals surface area contributed by atoms with Crippen molar-refractivity contribution < 1.29 is 8.78 Å². The Balaban J connectivity index is 2.23. The monoisotopic (exact) mass is 254 g/mol. The van der Waals surface area contributed by atoms with Crippen LogP contribution < -0.4 is 5.73 Å². The van der Waals surface area contributed by atoms with Crippen molar-refractivity contribution in [1.82, 2.24) is 4.90 Å². The summed E-state index contributed by atoms with van der Waals surface area (Å²) in [7, 11) is 0. The van der Waals surface area contributed by atoms with Gasteiger partial charge in [0.1, 0.15) is 11.6 Å². The third-order valence-corrected chi connectivity index (χ3v) is 3.69. The minimum Gasteiger partial charge on any atom is -0.329 e. The van der Waals surface area contributed by atoms with Gasteiger partial charge in [0.25, 0.3) is 0 Å². The molecule has 1 aromatic carbocycles. The molecule has 0 saturated carbocycles. The normalized spacial score (nSPS) is 21.2. The van der Waals surface area contributed by atoms with Gasteiger partial charge in [0.2, 0.25) is 0 Å². The van der Waals surface area contributed by atoms with E-state index >= 15 is 0 Å². The van der Waals surface area contributed by atoms with Gasteiger partial charge in [-0.1, -0.05) is 19.9 Å². The zero-order chi connectivity index (χ0) is 13.3. The minimum absolute atomic E-state index is 0.160. The van der Waals surface area contributed by atoms with E-state index in [0.717, 1.165) is 25.6 Å². The molecule has 0 amide bonds. The van der Waals surface area contributed by atoms with Crippen LogP contribution in [-0.2, 0) is 0 Å². The van der Waals surface area contributed by atoms with E-state index in [1.165, 1.54) is 12.1 Å². The molecule has 4 heteroatoms. The third kappa shape index (κ3) is 2.70. The summed E-state index contributed by atoms with van der Waals surface area (Å²) in [5.74, 6) is -1.05. The molecule has 0 aliphatic carbocycles. The fraction of sp³-hybridized carbons (Fsp3) is 0.571. The van der Waals surface area contributed by atoms with Crippen molar-refractivity contribution in [3.05, 3.63) is 35.4 Å². The first-order valence-electron chi connectivity index (χ1n) is 6.32. The van der Waals surface area contributed by atoms with Crippen molar-refractivity contribution in [3.63, 3.8) is 0 Å². The molecule has 1 fully saturated rings. The molecule has 0 radical (unpaired) electrons. The molecule has 1 unspecified atom stereocenters. The SMILES string of the molecule is CC1(C)CCN(C(CN)c2ccc(F)cc2F)C1. The summed E-state index contributed by atoms with van der Waals surface area (Å²) in [5, 5.41) is 0. The fourth-order valence-electron chi connectivity index (χ4n) is 2.66. The number of nitrogens with two attached hydrogens (primary N) is 1. The van der Waals surface area contributed by atoms with Crippen LogP contribution in [0.3, 0.4) is 0 Å². The molecule has 0 bridgehead atoms. The van der Waals surface area contributed by atoms with Gasteiger partial charge in [-0.2, -0.15) is 0 Å². The maximum absolute atomic E-state index is 13.8. The van der Waals surface area contributed by atoms with Crippen molar-refractivity contribution >= 4 is 0 Å². The highest BCUT2D eigenvalue weighted by molar-refractivity contribution is 5.23. The molecule has 2 N–H and O–H groups in total. The van der Waals surface area contributed by atoms with Crippen LogP contribution >= 0.6 is 0 Å². The Kier molecular flexibility index (Phi) is 3.69. The van der Waals surface area contributed by atoms with E-state index in [-0.39, 0.29) is 11.5 Å². The Morgan fingerprint density at radius 2 is 2.11 bits per heavy atom. The Hall–Kier alpha value is -1.00. The van der Waals surface area contributed by atoms with E-state index < -0.39 is 11.6 Å². The lowest BCUT2D eigenvalue weighted by molar-refractivity contribution is 0.219. The second-order valence-corrected chi connectivity index (χ2v) is 5.80. The van der Waals surface area contributed by atoms with Crippen molar-refractivity contribution in [3.8, 4) is 0 Å². The van der Waals surface area contributed by atoms with Crippen LogP contribution in [0.4, 0.5) is 8.78 Å². The topological polar surface area (TPSA) is 29.3 Å². The van der Waals surface area contributed by atoms with Crippen LogP contribution in [0.5, 0.6) is 0 Å². The van der Waals surface area contributed by atoms with Gasteiger partial charge in [0.05, 0.1) is 0 Å². The van der Waals surface area contributed by atoms with E-state index in [9.17, 15) is 8.78 Å². The van der Waals surface area contributed by atoms with E-state index in [4.69, 9.17) is 5.73 Å². The van der Waals surface area contributed by atoms with Gasteiger partial charge < -0.3 is 5.73 Å². The van der Waals surface area contributed by atoms with Crippen LogP contribution in [0.1, 0.15) is 31.9 Å². The summed E-state index contributed by atoms with van der Waals surface area (Å²) >= 11 is 0. The zero-order valence-electron chi connectivity index (χ0n) is 10.9. The molecule has 1 aliphatic rings. The van der Waals surface area contributed by atoms with E-state index in [2.05, 4.69) is 18.7 Å². The summed E-state index contributed by atoms with van der Waals surface area (Å²) in [6, 6.07) is 3.57. The summed E-state index contributed by atoms with van der Waals surface area (Å²) in [5.41, 5.74) is 6.51. The molecule has 1 atom stereocenters. The maximum Gasteiger partial charge on any atom is 0.130 e. The molecule has 2 rings (SSSR count). The van der Waals surface area contributed by atoms with E-state index in [0.29, 0.717) is 12.1 Å². The molecule has 100 valence electrons. The molecule has 1 aromatic rings. The standard InChI is InChI=1S/C14H20F2N2/c1-14(2)5-6-18(9-14)13(8-17)11-4-3-10(15)7-12(11)16/h3-4,7,13H,5-6,8-9,17H2,1-2H3. The molecule has 0 aromatic heterocycles. The number of hydrogen-bond donors (Lipinski definition) is 1. The predicted octanol–water partition coefficient (Wildman–Crippen LogP) is 2.70. The summed E-state index contributed by atoms with van der Waals surface area (Å²) in [4.78, 5) is 2.19. The largest absolute Gasteiger partial charge is 0.329 e. The highest BCUT2D eigenvalue weighted by atomic mass is 19.1. The van der Waals surface area contributed by atoms with Gasteiger partial charge in [-0.15, -0.1) is 0 Å². The highest BCUT2D eigenvalue weighted by Crippen LogP contribution is 2.35. The third-order valence-electron chi connectivity index (χ3n) is 3.69. The average Bonchev–Trinajstić information content (AvgIpc) is 2.63. The molecule has 2 nitrogen and oxygen atoms in total. The first-order valence-corrected chi connectivity index (χ1v) is 6.32. The van der Waals surface area contributed by atoms with Crippen molar-refractivity contribution in [2.24, 2.45) is 11.1 Å². The lowest BCUT2D eigenvalue weighted by atomic mass is 9.93. The zero-order valence-corrected chi connectivity index (χ0v) is 10.9. The van der Waals surface area contributed by atoms with Crippen LogP contribution in [0.2, 0.25) is 0 Å². The first kappa shape index (κ1) is 13.4. The van der Waals surface area contributed by atoms with Crippen LogP contribution in [0.25, 0.3) is 0 Å². The van der Waals surface area contributed by atoms with Crippen LogP contribution in [-0.4, -0.2) is 24.5 Å².